The maximum atomic E-state index is 5.86. The van der Waals surface area contributed by atoms with E-state index in [-0.39, 0.29) is 0 Å². The smallest absolute Gasteiger partial charge is 0.119 e. The fourth-order valence-electron chi connectivity index (χ4n) is 1.77. The molecule has 2 rings (SSSR count). The van der Waals surface area contributed by atoms with Crippen molar-refractivity contribution in [2.24, 2.45) is 0 Å². The summed E-state index contributed by atoms with van der Waals surface area (Å²) in [4.78, 5) is 1.24. The Balaban J connectivity index is 1.64. The van der Waals surface area contributed by atoms with E-state index >= 15 is 0 Å². The zero-order valence-corrected chi connectivity index (χ0v) is 13.6. The molecule has 2 aromatic carbocycles. The summed E-state index contributed by atoms with van der Waals surface area (Å²) >= 11 is 7.67. The number of halogens is 1. The van der Waals surface area contributed by atoms with Crippen molar-refractivity contribution in [2.75, 3.05) is 19.0 Å². The highest BCUT2D eigenvalue weighted by atomic mass is 35.5. The van der Waals surface area contributed by atoms with Crippen LogP contribution in [0, 0.1) is 0 Å². The molecule has 0 aliphatic carbocycles. The normalized spacial score (nSPS) is 10.4. The number of rotatable bonds is 8. The molecule has 4 heteroatoms. The predicted octanol–water partition coefficient (Wildman–Crippen LogP) is 5.30. The largest absolute Gasteiger partial charge is 0.494 e. The lowest BCUT2D eigenvalue weighted by atomic mass is 10.3. The number of hydrogen-bond acceptors (Lipinski definition) is 3. The minimum absolute atomic E-state index is 0.683. The molecule has 0 atom stereocenters. The summed E-state index contributed by atoms with van der Waals surface area (Å²) in [5.74, 6) is 2.79. The fourth-order valence-corrected chi connectivity index (χ4v) is 2.72. The third-order valence-corrected chi connectivity index (χ3v) is 4.12. The van der Waals surface area contributed by atoms with E-state index in [9.17, 15) is 0 Å². The van der Waals surface area contributed by atoms with E-state index < -0.39 is 0 Å². The number of benzene rings is 2. The molecule has 0 unspecified atom stereocenters. The van der Waals surface area contributed by atoms with E-state index in [4.69, 9.17) is 21.1 Å². The topological polar surface area (TPSA) is 18.5 Å². The summed E-state index contributed by atoms with van der Waals surface area (Å²) in [6.45, 7) is 3.37. The SMILES string of the molecule is CCOc1ccc(OCCCSc2ccc(Cl)cc2)cc1. The maximum Gasteiger partial charge on any atom is 0.119 e. The standard InChI is InChI=1S/C17H19ClO2S/c1-2-19-15-6-8-16(9-7-15)20-12-3-13-21-17-10-4-14(18)5-11-17/h4-11H,2-3,12-13H2,1H3. The third-order valence-electron chi connectivity index (χ3n) is 2.77. The molecule has 0 saturated heterocycles. The Kier molecular flexibility index (Phi) is 6.77. The molecule has 0 aromatic heterocycles. The van der Waals surface area contributed by atoms with Crippen LogP contribution in [0.1, 0.15) is 13.3 Å². The summed E-state index contributed by atoms with van der Waals surface area (Å²) < 4.78 is 11.1. The van der Waals surface area contributed by atoms with Crippen molar-refractivity contribution >= 4 is 23.4 Å². The minimum atomic E-state index is 0.683. The van der Waals surface area contributed by atoms with Gasteiger partial charge < -0.3 is 9.47 Å². The Hall–Kier alpha value is -1.32. The van der Waals surface area contributed by atoms with E-state index in [1.165, 1.54) is 4.90 Å². The van der Waals surface area contributed by atoms with Gasteiger partial charge in [0.25, 0.3) is 0 Å². The quantitative estimate of drug-likeness (QED) is 0.485. The molecule has 0 N–H and O–H groups in total. The van der Waals surface area contributed by atoms with Gasteiger partial charge in [0, 0.05) is 15.7 Å². The van der Waals surface area contributed by atoms with Gasteiger partial charge in [-0.15, -0.1) is 11.8 Å². The van der Waals surface area contributed by atoms with Gasteiger partial charge in [0.1, 0.15) is 11.5 Å². The minimum Gasteiger partial charge on any atom is -0.494 e. The van der Waals surface area contributed by atoms with Crippen LogP contribution in [-0.2, 0) is 0 Å². The van der Waals surface area contributed by atoms with Gasteiger partial charge >= 0.3 is 0 Å². The fraction of sp³-hybridized carbons (Fsp3) is 0.294. The molecule has 0 heterocycles. The Labute approximate surface area is 135 Å². The first-order valence-electron chi connectivity index (χ1n) is 7.02. The molecule has 0 bridgehead atoms. The zero-order valence-electron chi connectivity index (χ0n) is 12.0. The molecule has 0 spiro atoms. The zero-order chi connectivity index (χ0) is 14.9. The molecule has 0 saturated carbocycles. The lowest BCUT2D eigenvalue weighted by molar-refractivity contribution is 0.315. The summed E-state index contributed by atoms with van der Waals surface area (Å²) in [5.41, 5.74) is 0. The van der Waals surface area contributed by atoms with Crippen LogP contribution < -0.4 is 9.47 Å². The highest BCUT2D eigenvalue weighted by molar-refractivity contribution is 7.99. The summed E-state index contributed by atoms with van der Waals surface area (Å²) in [7, 11) is 0. The van der Waals surface area contributed by atoms with E-state index in [1.807, 2.05) is 67.2 Å². The van der Waals surface area contributed by atoms with Crippen molar-refractivity contribution in [3.05, 3.63) is 53.6 Å². The van der Waals surface area contributed by atoms with Crippen molar-refractivity contribution in [1.29, 1.82) is 0 Å². The van der Waals surface area contributed by atoms with Gasteiger partial charge in [0.05, 0.1) is 13.2 Å². The van der Waals surface area contributed by atoms with Crippen molar-refractivity contribution in [1.82, 2.24) is 0 Å². The van der Waals surface area contributed by atoms with Gasteiger partial charge in [0.15, 0.2) is 0 Å². The van der Waals surface area contributed by atoms with Crippen molar-refractivity contribution in [3.8, 4) is 11.5 Å². The summed E-state index contributed by atoms with van der Waals surface area (Å²) in [5, 5.41) is 0.776. The molecule has 112 valence electrons. The average molecular weight is 323 g/mol. The molecular weight excluding hydrogens is 304 g/mol. The highest BCUT2D eigenvalue weighted by Crippen LogP contribution is 2.21. The van der Waals surface area contributed by atoms with Gasteiger partial charge in [-0.3, -0.25) is 0 Å². The van der Waals surface area contributed by atoms with Gasteiger partial charge in [-0.25, -0.2) is 0 Å². The first-order chi connectivity index (χ1) is 10.3. The molecule has 21 heavy (non-hydrogen) atoms. The molecular formula is C17H19ClO2S. The van der Waals surface area contributed by atoms with Crippen molar-refractivity contribution in [2.45, 2.75) is 18.2 Å². The van der Waals surface area contributed by atoms with E-state index in [2.05, 4.69) is 0 Å². The highest BCUT2D eigenvalue weighted by Gasteiger charge is 1.97. The maximum absolute atomic E-state index is 5.86. The van der Waals surface area contributed by atoms with Crippen LogP contribution >= 0.6 is 23.4 Å². The summed E-state index contributed by atoms with van der Waals surface area (Å²) in [6.07, 6.45) is 1.00. The lowest BCUT2D eigenvalue weighted by Crippen LogP contribution is -1.99. The predicted molar refractivity (Wildman–Crippen MR) is 89.9 cm³/mol. The second kappa shape index (κ2) is 8.85. The molecule has 0 radical (unpaired) electrons. The van der Waals surface area contributed by atoms with Crippen molar-refractivity contribution < 1.29 is 9.47 Å². The molecule has 2 aromatic rings. The second-order valence-electron chi connectivity index (χ2n) is 4.41. The van der Waals surface area contributed by atoms with Crippen LogP contribution in [0.2, 0.25) is 5.02 Å². The Morgan fingerprint density at radius 2 is 1.52 bits per heavy atom. The third kappa shape index (κ3) is 5.90. The monoisotopic (exact) mass is 322 g/mol. The second-order valence-corrected chi connectivity index (χ2v) is 6.01. The number of thioether (sulfide) groups is 1. The molecule has 0 amide bonds. The van der Waals surface area contributed by atoms with Crippen LogP contribution in [0.3, 0.4) is 0 Å². The van der Waals surface area contributed by atoms with Crippen molar-refractivity contribution in [3.63, 3.8) is 0 Å². The summed E-state index contributed by atoms with van der Waals surface area (Å²) in [6, 6.07) is 15.7. The Morgan fingerprint density at radius 1 is 0.905 bits per heavy atom. The van der Waals surface area contributed by atoms with Crippen LogP contribution in [0.5, 0.6) is 11.5 Å². The van der Waals surface area contributed by atoms with Crippen LogP contribution in [0.15, 0.2) is 53.4 Å². The first-order valence-corrected chi connectivity index (χ1v) is 8.38. The van der Waals surface area contributed by atoms with Gasteiger partial charge in [-0.05, 0) is 61.9 Å². The number of ether oxygens (including phenoxy) is 2. The molecule has 2 nitrogen and oxygen atoms in total. The van der Waals surface area contributed by atoms with Gasteiger partial charge in [0.2, 0.25) is 0 Å². The number of hydrogen-bond donors (Lipinski definition) is 0. The Morgan fingerprint density at radius 3 is 2.14 bits per heavy atom. The molecule has 0 fully saturated rings. The molecule has 0 aliphatic heterocycles. The van der Waals surface area contributed by atoms with Crippen LogP contribution in [0.25, 0.3) is 0 Å². The lowest BCUT2D eigenvalue weighted by Gasteiger charge is -2.07. The van der Waals surface area contributed by atoms with Gasteiger partial charge in [-0.2, -0.15) is 0 Å². The van der Waals surface area contributed by atoms with E-state index in [0.29, 0.717) is 13.2 Å². The van der Waals surface area contributed by atoms with Crippen LogP contribution in [-0.4, -0.2) is 19.0 Å². The van der Waals surface area contributed by atoms with Crippen LogP contribution in [0.4, 0.5) is 0 Å². The first kappa shape index (κ1) is 16.1. The molecule has 0 aliphatic rings. The van der Waals surface area contributed by atoms with E-state index in [1.54, 1.807) is 0 Å². The average Bonchev–Trinajstić information content (AvgIpc) is 2.51. The van der Waals surface area contributed by atoms with E-state index in [0.717, 1.165) is 28.7 Å². The van der Waals surface area contributed by atoms with Gasteiger partial charge in [-0.1, -0.05) is 11.6 Å². The Bertz CT molecular complexity index is 525.